The summed E-state index contributed by atoms with van der Waals surface area (Å²) in [5, 5.41) is 11.4. The molecular formula is C24H14BrFN2O4. The first-order valence-electron chi connectivity index (χ1n) is 9.61. The molecule has 2 aromatic heterocycles. The SMILES string of the molecule is O=C(C1=C(O)C(=O)N(c2ccc(F)cc2)C1c1ccccn1)c1cc2cc(Br)ccc2o1. The second-order valence-corrected chi connectivity index (χ2v) is 8.11. The maximum Gasteiger partial charge on any atom is 0.294 e. The third kappa shape index (κ3) is 3.29. The monoisotopic (exact) mass is 492 g/mol. The number of hydrogen-bond acceptors (Lipinski definition) is 5. The Labute approximate surface area is 189 Å². The Kier molecular flexibility index (Phi) is 4.86. The molecule has 8 heteroatoms. The number of fused-ring (bicyclic) bond motifs is 1. The van der Waals surface area contributed by atoms with Gasteiger partial charge in [-0.15, -0.1) is 0 Å². The number of carbonyl (C=O) groups excluding carboxylic acids is 2. The van der Waals surface area contributed by atoms with Gasteiger partial charge in [0.2, 0.25) is 5.78 Å². The van der Waals surface area contributed by atoms with Crippen molar-refractivity contribution in [3.05, 3.63) is 106 Å². The van der Waals surface area contributed by atoms with Crippen LogP contribution in [0.3, 0.4) is 0 Å². The van der Waals surface area contributed by atoms with Crippen molar-refractivity contribution in [2.45, 2.75) is 6.04 Å². The van der Waals surface area contributed by atoms with Crippen LogP contribution in [0.25, 0.3) is 11.0 Å². The molecule has 0 spiro atoms. The van der Waals surface area contributed by atoms with Crippen LogP contribution in [0.1, 0.15) is 22.3 Å². The van der Waals surface area contributed by atoms with Gasteiger partial charge in [0.15, 0.2) is 11.5 Å². The van der Waals surface area contributed by atoms with E-state index >= 15 is 0 Å². The van der Waals surface area contributed by atoms with Crippen LogP contribution in [0.4, 0.5) is 10.1 Å². The van der Waals surface area contributed by atoms with Gasteiger partial charge in [-0.05, 0) is 60.7 Å². The zero-order chi connectivity index (χ0) is 22.4. The summed E-state index contributed by atoms with van der Waals surface area (Å²) in [5.74, 6) is -2.61. The Morgan fingerprint density at radius 1 is 1.09 bits per heavy atom. The van der Waals surface area contributed by atoms with Gasteiger partial charge in [-0.2, -0.15) is 0 Å². The minimum atomic E-state index is -1.01. The van der Waals surface area contributed by atoms with Gasteiger partial charge in [0.1, 0.15) is 17.4 Å². The van der Waals surface area contributed by atoms with Crippen molar-refractivity contribution in [1.29, 1.82) is 0 Å². The number of carbonyl (C=O) groups is 2. The summed E-state index contributed by atoms with van der Waals surface area (Å²) in [6, 6.07) is 16.1. The summed E-state index contributed by atoms with van der Waals surface area (Å²) in [6.07, 6.45) is 1.53. The molecular weight excluding hydrogens is 479 g/mol. The molecule has 1 unspecified atom stereocenters. The number of Topliss-reactive ketones (excluding diaryl/α,β-unsaturated/α-hetero) is 1. The largest absolute Gasteiger partial charge is 0.503 e. The van der Waals surface area contributed by atoms with Crippen LogP contribution in [0, 0.1) is 5.82 Å². The average molecular weight is 493 g/mol. The Bertz CT molecular complexity index is 1400. The van der Waals surface area contributed by atoms with Crippen LogP contribution in [0.2, 0.25) is 0 Å². The average Bonchev–Trinajstić information content (AvgIpc) is 3.33. The van der Waals surface area contributed by atoms with E-state index in [1.54, 1.807) is 42.5 Å². The molecule has 1 atom stereocenters. The van der Waals surface area contributed by atoms with Crippen LogP contribution in [0.5, 0.6) is 0 Å². The molecule has 1 aliphatic heterocycles. The highest BCUT2D eigenvalue weighted by molar-refractivity contribution is 9.10. The number of rotatable bonds is 4. The zero-order valence-corrected chi connectivity index (χ0v) is 17.9. The number of aromatic nitrogens is 1. The first-order chi connectivity index (χ1) is 15.4. The molecule has 6 nitrogen and oxygen atoms in total. The lowest BCUT2D eigenvalue weighted by atomic mass is 9.98. The molecule has 0 bridgehead atoms. The summed E-state index contributed by atoms with van der Waals surface area (Å²) in [5.41, 5.74) is 1.02. The van der Waals surface area contributed by atoms with Crippen LogP contribution >= 0.6 is 15.9 Å². The van der Waals surface area contributed by atoms with Crippen LogP contribution in [-0.4, -0.2) is 21.8 Å². The normalized spacial score (nSPS) is 16.2. The van der Waals surface area contributed by atoms with E-state index in [2.05, 4.69) is 20.9 Å². The number of benzene rings is 2. The first-order valence-corrected chi connectivity index (χ1v) is 10.4. The lowest BCUT2D eigenvalue weighted by molar-refractivity contribution is -0.117. The highest BCUT2D eigenvalue weighted by Gasteiger charge is 2.46. The highest BCUT2D eigenvalue weighted by Crippen LogP contribution is 2.41. The lowest BCUT2D eigenvalue weighted by Gasteiger charge is -2.25. The summed E-state index contributed by atoms with van der Waals surface area (Å²) in [4.78, 5) is 32.1. The minimum Gasteiger partial charge on any atom is -0.503 e. The fourth-order valence-corrected chi connectivity index (χ4v) is 4.16. The fraction of sp³-hybridized carbons (Fsp3) is 0.0417. The molecule has 1 N–H and O–H groups in total. The van der Waals surface area contributed by atoms with Crippen molar-refractivity contribution in [3.8, 4) is 0 Å². The van der Waals surface area contributed by atoms with Gasteiger partial charge in [0.05, 0.1) is 11.3 Å². The molecule has 1 amide bonds. The van der Waals surface area contributed by atoms with Crippen molar-refractivity contribution in [3.63, 3.8) is 0 Å². The highest BCUT2D eigenvalue weighted by atomic mass is 79.9. The van der Waals surface area contributed by atoms with Crippen LogP contribution < -0.4 is 4.90 Å². The van der Waals surface area contributed by atoms with E-state index in [0.717, 1.165) is 4.47 Å². The molecule has 32 heavy (non-hydrogen) atoms. The Balaban J connectivity index is 1.65. The number of aliphatic hydroxyl groups excluding tert-OH is 1. The maximum absolute atomic E-state index is 13.5. The second-order valence-electron chi connectivity index (χ2n) is 7.19. The zero-order valence-electron chi connectivity index (χ0n) is 16.3. The van der Waals surface area contributed by atoms with Gasteiger partial charge in [-0.3, -0.25) is 19.5 Å². The molecule has 0 saturated heterocycles. The number of anilines is 1. The number of hydrogen-bond donors (Lipinski definition) is 1. The summed E-state index contributed by atoms with van der Waals surface area (Å²) in [6.45, 7) is 0. The molecule has 4 aromatic rings. The minimum absolute atomic E-state index is 0.0191. The predicted molar refractivity (Wildman–Crippen MR) is 119 cm³/mol. The molecule has 5 rings (SSSR count). The fourth-order valence-electron chi connectivity index (χ4n) is 3.78. The van der Waals surface area contributed by atoms with Gasteiger partial charge < -0.3 is 9.52 Å². The molecule has 0 fully saturated rings. The van der Waals surface area contributed by atoms with Crippen LogP contribution in [0.15, 0.2) is 93.1 Å². The smallest absolute Gasteiger partial charge is 0.294 e. The van der Waals surface area contributed by atoms with Crippen molar-refractivity contribution in [2.75, 3.05) is 4.90 Å². The first kappa shape index (κ1) is 20.1. The molecule has 3 heterocycles. The van der Waals surface area contributed by atoms with Gasteiger partial charge in [0, 0.05) is 21.7 Å². The number of amides is 1. The molecule has 1 aliphatic rings. The molecule has 2 aromatic carbocycles. The van der Waals surface area contributed by atoms with Crippen LogP contribution in [-0.2, 0) is 4.79 Å². The molecule has 0 saturated carbocycles. The van der Waals surface area contributed by atoms with E-state index in [4.69, 9.17) is 4.42 Å². The molecule has 0 aliphatic carbocycles. The third-order valence-corrected chi connectivity index (χ3v) is 5.72. The number of halogens is 2. The number of nitrogens with zero attached hydrogens (tertiary/aromatic N) is 2. The van der Waals surface area contributed by atoms with Crippen molar-refractivity contribution in [2.24, 2.45) is 0 Å². The second kappa shape index (κ2) is 7.72. The Hall–Kier alpha value is -3.78. The Morgan fingerprint density at radius 3 is 2.59 bits per heavy atom. The maximum atomic E-state index is 13.5. The molecule has 0 radical (unpaired) electrons. The summed E-state index contributed by atoms with van der Waals surface area (Å²) < 4.78 is 20.0. The van der Waals surface area contributed by atoms with E-state index in [1.807, 2.05) is 0 Å². The van der Waals surface area contributed by atoms with E-state index in [1.165, 1.54) is 35.4 Å². The van der Waals surface area contributed by atoms with Crippen molar-refractivity contribution in [1.82, 2.24) is 4.98 Å². The van der Waals surface area contributed by atoms with Gasteiger partial charge >= 0.3 is 0 Å². The molecule has 158 valence electrons. The van der Waals surface area contributed by atoms with E-state index in [0.29, 0.717) is 22.4 Å². The number of pyridine rings is 1. The summed E-state index contributed by atoms with van der Waals surface area (Å²) in [7, 11) is 0. The number of ketones is 1. The topological polar surface area (TPSA) is 83.6 Å². The Morgan fingerprint density at radius 2 is 1.88 bits per heavy atom. The van der Waals surface area contributed by atoms with Gasteiger partial charge in [0.25, 0.3) is 5.91 Å². The predicted octanol–water partition coefficient (Wildman–Crippen LogP) is 5.51. The van der Waals surface area contributed by atoms with E-state index in [-0.39, 0.29) is 11.3 Å². The van der Waals surface area contributed by atoms with E-state index in [9.17, 15) is 19.1 Å². The summed E-state index contributed by atoms with van der Waals surface area (Å²) >= 11 is 3.38. The van der Waals surface area contributed by atoms with Gasteiger partial charge in [-0.1, -0.05) is 22.0 Å². The van der Waals surface area contributed by atoms with E-state index < -0.39 is 29.3 Å². The lowest BCUT2D eigenvalue weighted by Crippen LogP contribution is -2.31. The standard InChI is InChI=1S/C24H14BrFN2O4/c25-14-4-9-18-13(11-14)12-19(32-18)22(29)20-21(17-3-1-2-10-27-17)28(24(31)23(20)30)16-7-5-15(26)6-8-16/h1-12,21,30H. The van der Waals surface area contributed by atoms with Gasteiger partial charge in [-0.25, -0.2) is 4.39 Å². The van der Waals surface area contributed by atoms with Crippen molar-refractivity contribution >= 4 is 44.3 Å². The quantitative estimate of drug-likeness (QED) is 0.379. The third-order valence-electron chi connectivity index (χ3n) is 5.23. The number of furan rings is 1. The van der Waals surface area contributed by atoms with Crippen molar-refractivity contribution < 1.29 is 23.5 Å². The number of aliphatic hydroxyl groups is 1.